The van der Waals surface area contributed by atoms with Crippen molar-refractivity contribution in [2.45, 2.75) is 25.9 Å². The number of rotatable bonds is 3. The maximum Gasteiger partial charge on any atom is 0.418 e. The molecule has 0 bridgehead atoms. The number of nitrogens with one attached hydrogen (secondary N) is 2. The number of alkyl halides is 3. The molecule has 20 heavy (non-hydrogen) atoms. The fourth-order valence-corrected chi connectivity index (χ4v) is 2.21. The highest BCUT2D eigenvalue weighted by Gasteiger charge is 2.34. The minimum absolute atomic E-state index is 0.108. The second-order valence-electron chi connectivity index (χ2n) is 4.29. The average molecular weight is 303 g/mol. The van der Waals surface area contributed by atoms with Crippen molar-refractivity contribution >= 4 is 12.2 Å². The molecule has 0 aliphatic carbocycles. The zero-order valence-corrected chi connectivity index (χ0v) is 11.4. The van der Waals surface area contributed by atoms with Crippen LogP contribution in [0.2, 0.25) is 0 Å². The maximum atomic E-state index is 13.2. The minimum Gasteiger partial charge on any atom is -0.272 e. The molecule has 0 spiro atoms. The van der Waals surface area contributed by atoms with Crippen LogP contribution in [0.1, 0.15) is 24.5 Å². The van der Waals surface area contributed by atoms with Crippen molar-refractivity contribution < 1.29 is 13.2 Å². The van der Waals surface area contributed by atoms with Gasteiger partial charge in [0.1, 0.15) is 0 Å². The monoisotopic (exact) mass is 303 g/mol. The fourth-order valence-electron chi connectivity index (χ4n) is 1.98. The number of halogens is 3. The van der Waals surface area contributed by atoms with E-state index in [9.17, 15) is 18.0 Å². The van der Waals surface area contributed by atoms with Gasteiger partial charge in [-0.05, 0) is 36.3 Å². The van der Waals surface area contributed by atoms with Crippen LogP contribution in [-0.2, 0) is 12.6 Å². The van der Waals surface area contributed by atoms with Gasteiger partial charge in [0.15, 0.2) is 0 Å². The van der Waals surface area contributed by atoms with Crippen LogP contribution in [-0.4, -0.2) is 14.8 Å². The Balaban J connectivity index is 2.71. The third kappa shape index (κ3) is 2.69. The third-order valence-corrected chi connectivity index (χ3v) is 3.11. The number of aromatic nitrogens is 3. The third-order valence-electron chi connectivity index (χ3n) is 2.83. The first-order chi connectivity index (χ1) is 9.34. The largest absolute Gasteiger partial charge is 0.418 e. The SMILES string of the molecule is CCCc1ccc(-n2c(=O)[nH][nH]c2=S)c(C(F)(F)F)c1. The van der Waals surface area contributed by atoms with E-state index in [1.54, 1.807) is 6.07 Å². The highest BCUT2D eigenvalue weighted by Crippen LogP contribution is 2.34. The van der Waals surface area contributed by atoms with Gasteiger partial charge in [-0.1, -0.05) is 19.4 Å². The first-order valence-corrected chi connectivity index (χ1v) is 6.35. The average Bonchev–Trinajstić information content (AvgIpc) is 2.69. The van der Waals surface area contributed by atoms with Crippen molar-refractivity contribution in [1.82, 2.24) is 14.8 Å². The molecule has 1 heterocycles. The normalized spacial score (nSPS) is 11.8. The number of hydrogen-bond donors (Lipinski definition) is 2. The van der Waals surface area contributed by atoms with E-state index in [-0.39, 0.29) is 10.5 Å². The Kier molecular flexibility index (Phi) is 3.85. The molecule has 108 valence electrons. The van der Waals surface area contributed by atoms with Crippen LogP contribution < -0.4 is 5.69 Å². The van der Waals surface area contributed by atoms with Crippen LogP contribution in [0.15, 0.2) is 23.0 Å². The summed E-state index contributed by atoms with van der Waals surface area (Å²) in [7, 11) is 0. The Morgan fingerprint density at radius 3 is 2.50 bits per heavy atom. The predicted octanol–water partition coefficient (Wildman–Crippen LogP) is 3.19. The molecule has 0 aliphatic heterocycles. The summed E-state index contributed by atoms with van der Waals surface area (Å²) in [5, 5.41) is 4.49. The standard InChI is InChI=1S/C12H12F3N3OS/c1-2-3-7-4-5-9(8(6-7)12(13,14)15)18-10(19)16-17-11(18)20/h4-6H,2-3H2,1H3,(H,16,19)(H,17,20). The van der Waals surface area contributed by atoms with Crippen LogP contribution in [0.25, 0.3) is 5.69 Å². The van der Waals surface area contributed by atoms with Crippen molar-refractivity contribution in [2.24, 2.45) is 0 Å². The summed E-state index contributed by atoms with van der Waals surface area (Å²) in [5.41, 5.74) is -1.31. The molecular weight excluding hydrogens is 291 g/mol. The second-order valence-corrected chi connectivity index (χ2v) is 4.68. The number of H-pyrrole nitrogens is 2. The molecular formula is C12H12F3N3OS. The van der Waals surface area contributed by atoms with Gasteiger partial charge in [-0.2, -0.15) is 13.2 Å². The maximum absolute atomic E-state index is 13.2. The van der Waals surface area contributed by atoms with Crippen LogP contribution in [0, 0.1) is 4.77 Å². The lowest BCUT2D eigenvalue weighted by Gasteiger charge is -2.14. The molecule has 0 atom stereocenters. The molecule has 1 aromatic carbocycles. The molecule has 0 saturated heterocycles. The summed E-state index contributed by atoms with van der Waals surface area (Å²) < 4.78 is 40.2. The minimum atomic E-state index is -4.56. The predicted molar refractivity (Wildman–Crippen MR) is 70.6 cm³/mol. The summed E-state index contributed by atoms with van der Waals surface area (Å²) in [5.74, 6) is 0. The molecule has 0 unspecified atom stereocenters. The molecule has 2 N–H and O–H groups in total. The Morgan fingerprint density at radius 2 is 2.00 bits per heavy atom. The van der Waals surface area contributed by atoms with Gasteiger partial charge in [0, 0.05) is 0 Å². The van der Waals surface area contributed by atoms with Crippen LogP contribution in [0.3, 0.4) is 0 Å². The van der Waals surface area contributed by atoms with E-state index in [2.05, 4.69) is 10.2 Å². The van der Waals surface area contributed by atoms with Gasteiger partial charge in [-0.3, -0.25) is 5.10 Å². The number of hydrogen-bond acceptors (Lipinski definition) is 2. The van der Waals surface area contributed by atoms with E-state index in [1.807, 2.05) is 6.92 Å². The van der Waals surface area contributed by atoms with Gasteiger partial charge < -0.3 is 0 Å². The van der Waals surface area contributed by atoms with Crippen LogP contribution >= 0.6 is 12.2 Å². The second kappa shape index (κ2) is 5.28. The van der Waals surface area contributed by atoms with E-state index in [0.29, 0.717) is 12.0 Å². The van der Waals surface area contributed by atoms with Gasteiger partial charge in [-0.25, -0.2) is 14.5 Å². The fraction of sp³-hybridized carbons (Fsp3) is 0.333. The first kappa shape index (κ1) is 14.6. The highest BCUT2D eigenvalue weighted by atomic mass is 32.1. The van der Waals surface area contributed by atoms with E-state index in [1.165, 1.54) is 6.07 Å². The number of aromatic amines is 2. The van der Waals surface area contributed by atoms with Gasteiger partial charge in [0.25, 0.3) is 0 Å². The van der Waals surface area contributed by atoms with Crippen molar-refractivity contribution in [3.8, 4) is 5.69 Å². The molecule has 0 aliphatic rings. The van der Waals surface area contributed by atoms with Gasteiger partial charge >= 0.3 is 11.9 Å². The lowest BCUT2D eigenvalue weighted by Crippen LogP contribution is -2.20. The number of nitrogens with zero attached hydrogens (tertiary/aromatic N) is 1. The quantitative estimate of drug-likeness (QED) is 0.856. The molecule has 4 nitrogen and oxygen atoms in total. The topological polar surface area (TPSA) is 53.6 Å². The lowest BCUT2D eigenvalue weighted by atomic mass is 10.0. The van der Waals surface area contributed by atoms with E-state index < -0.39 is 17.4 Å². The summed E-state index contributed by atoms with van der Waals surface area (Å²) in [4.78, 5) is 11.6. The van der Waals surface area contributed by atoms with E-state index in [0.717, 1.165) is 17.1 Å². The van der Waals surface area contributed by atoms with Gasteiger partial charge in [-0.15, -0.1) is 0 Å². The highest BCUT2D eigenvalue weighted by molar-refractivity contribution is 7.71. The van der Waals surface area contributed by atoms with Crippen LogP contribution in [0.5, 0.6) is 0 Å². The van der Waals surface area contributed by atoms with Crippen LogP contribution in [0.4, 0.5) is 13.2 Å². The lowest BCUT2D eigenvalue weighted by molar-refractivity contribution is -0.137. The summed E-state index contributed by atoms with van der Waals surface area (Å²) in [6.07, 6.45) is -3.28. The van der Waals surface area contributed by atoms with E-state index >= 15 is 0 Å². The van der Waals surface area contributed by atoms with Crippen molar-refractivity contribution in [2.75, 3.05) is 0 Å². The zero-order valence-electron chi connectivity index (χ0n) is 10.5. The summed E-state index contributed by atoms with van der Waals surface area (Å²) in [6.45, 7) is 1.88. The number of aryl methyl sites for hydroxylation is 1. The van der Waals surface area contributed by atoms with Gasteiger partial charge in [0.2, 0.25) is 4.77 Å². The molecule has 8 heteroatoms. The van der Waals surface area contributed by atoms with Crippen molar-refractivity contribution in [1.29, 1.82) is 0 Å². The van der Waals surface area contributed by atoms with Gasteiger partial charge in [0.05, 0.1) is 11.3 Å². The number of benzene rings is 1. The van der Waals surface area contributed by atoms with E-state index in [4.69, 9.17) is 12.2 Å². The Labute approximate surface area is 117 Å². The summed E-state index contributed by atoms with van der Waals surface area (Å²) >= 11 is 4.83. The summed E-state index contributed by atoms with van der Waals surface area (Å²) in [6, 6.07) is 3.90. The molecule has 0 amide bonds. The zero-order chi connectivity index (χ0) is 14.9. The molecule has 2 aromatic rings. The molecule has 2 rings (SSSR count). The first-order valence-electron chi connectivity index (χ1n) is 5.94. The van der Waals surface area contributed by atoms with Crippen molar-refractivity contribution in [3.05, 3.63) is 44.6 Å². The van der Waals surface area contributed by atoms with Crippen molar-refractivity contribution in [3.63, 3.8) is 0 Å². The Bertz CT molecular complexity index is 699. The Hall–Kier alpha value is -1.83. The smallest absolute Gasteiger partial charge is 0.272 e. The molecule has 0 radical (unpaired) electrons. The Morgan fingerprint density at radius 1 is 1.30 bits per heavy atom. The molecule has 0 saturated carbocycles. The molecule has 1 aromatic heterocycles. The molecule has 0 fully saturated rings.